The van der Waals surface area contributed by atoms with Crippen molar-refractivity contribution in [2.45, 2.75) is 52.7 Å². The fraction of sp³-hybridized carbons (Fsp3) is 0.625. The highest BCUT2D eigenvalue weighted by Crippen LogP contribution is 2.09. The molecule has 1 aromatic rings. The Kier molecular flexibility index (Phi) is 6.37. The van der Waals surface area contributed by atoms with Crippen molar-refractivity contribution in [1.29, 1.82) is 0 Å². The van der Waals surface area contributed by atoms with Gasteiger partial charge in [0.1, 0.15) is 0 Å². The van der Waals surface area contributed by atoms with Gasteiger partial charge in [-0.3, -0.25) is 4.90 Å². The minimum Gasteiger partial charge on any atom is -0.314 e. The van der Waals surface area contributed by atoms with Gasteiger partial charge in [-0.05, 0) is 39.4 Å². The summed E-state index contributed by atoms with van der Waals surface area (Å²) in [4.78, 5) is 2.42. The molecule has 0 bridgehead atoms. The normalized spacial score (nSPS) is 13.3. The van der Waals surface area contributed by atoms with Gasteiger partial charge in [-0.25, -0.2) is 0 Å². The van der Waals surface area contributed by atoms with Crippen LogP contribution in [0.2, 0.25) is 0 Å². The van der Waals surface area contributed by atoms with Gasteiger partial charge in [0, 0.05) is 18.6 Å². The van der Waals surface area contributed by atoms with Crippen molar-refractivity contribution in [3.63, 3.8) is 0 Å². The number of aryl methyl sites for hydroxylation is 1. The molecule has 0 saturated carbocycles. The molecule has 1 N–H and O–H groups in total. The highest BCUT2D eigenvalue weighted by Gasteiger charge is 2.09. The monoisotopic (exact) mass is 248 g/mol. The lowest BCUT2D eigenvalue weighted by Gasteiger charge is -2.25. The molecule has 1 unspecified atom stereocenters. The third kappa shape index (κ3) is 5.65. The van der Waals surface area contributed by atoms with Gasteiger partial charge in [0.2, 0.25) is 0 Å². The topological polar surface area (TPSA) is 15.3 Å². The summed E-state index contributed by atoms with van der Waals surface area (Å²) >= 11 is 0. The van der Waals surface area contributed by atoms with E-state index in [1.54, 1.807) is 0 Å². The van der Waals surface area contributed by atoms with Crippen molar-refractivity contribution in [3.05, 3.63) is 35.4 Å². The van der Waals surface area contributed by atoms with Crippen molar-refractivity contribution >= 4 is 0 Å². The largest absolute Gasteiger partial charge is 0.314 e. The number of nitrogens with one attached hydrogen (secondary N) is 1. The molecule has 0 saturated heterocycles. The van der Waals surface area contributed by atoms with E-state index in [1.165, 1.54) is 17.5 Å². The molecule has 0 heterocycles. The third-order valence-corrected chi connectivity index (χ3v) is 3.42. The molecule has 2 nitrogen and oxygen atoms in total. The van der Waals surface area contributed by atoms with Crippen molar-refractivity contribution in [1.82, 2.24) is 10.2 Å². The molecule has 0 amide bonds. The van der Waals surface area contributed by atoms with E-state index in [1.807, 2.05) is 0 Å². The van der Waals surface area contributed by atoms with Crippen LogP contribution < -0.4 is 5.32 Å². The minimum absolute atomic E-state index is 0.583. The molecule has 2 heteroatoms. The van der Waals surface area contributed by atoms with E-state index in [-0.39, 0.29) is 0 Å². The Morgan fingerprint density at radius 2 is 1.72 bits per heavy atom. The number of hydrogen-bond donors (Lipinski definition) is 1. The Hall–Kier alpha value is -0.860. The maximum absolute atomic E-state index is 3.48. The predicted molar refractivity (Wildman–Crippen MR) is 79.9 cm³/mol. The Labute approximate surface area is 112 Å². The molecule has 1 rings (SSSR count). The zero-order valence-corrected chi connectivity index (χ0v) is 12.5. The zero-order chi connectivity index (χ0) is 13.5. The second-order valence-corrected chi connectivity index (χ2v) is 5.65. The van der Waals surface area contributed by atoms with Gasteiger partial charge in [-0.2, -0.15) is 0 Å². The molecular weight excluding hydrogens is 220 g/mol. The fourth-order valence-corrected chi connectivity index (χ4v) is 1.94. The summed E-state index contributed by atoms with van der Waals surface area (Å²) in [6.45, 7) is 10.9. The molecule has 18 heavy (non-hydrogen) atoms. The SMILES string of the molecule is Cc1ccc(CN(C)C(C)CCNC(C)C)cc1. The van der Waals surface area contributed by atoms with Crippen molar-refractivity contribution in [2.75, 3.05) is 13.6 Å². The lowest BCUT2D eigenvalue weighted by Crippen LogP contribution is -2.33. The Bertz CT molecular complexity index is 329. The maximum Gasteiger partial charge on any atom is 0.0233 e. The summed E-state index contributed by atoms with van der Waals surface area (Å²) < 4.78 is 0. The molecule has 0 aliphatic heterocycles. The molecule has 1 atom stereocenters. The molecule has 0 spiro atoms. The van der Waals surface area contributed by atoms with Gasteiger partial charge >= 0.3 is 0 Å². The van der Waals surface area contributed by atoms with Crippen LogP contribution in [0.4, 0.5) is 0 Å². The first-order valence-corrected chi connectivity index (χ1v) is 6.98. The van der Waals surface area contributed by atoms with Crippen LogP contribution in [0.5, 0.6) is 0 Å². The van der Waals surface area contributed by atoms with Crippen LogP contribution in [0.25, 0.3) is 0 Å². The van der Waals surface area contributed by atoms with E-state index in [4.69, 9.17) is 0 Å². The molecule has 0 fully saturated rings. The first-order valence-electron chi connectivity index (χ1n) is 6.98. The average molecular weight is 248 g/mol. The Morgan fingerprint density at radius 3 is 2.28 bits per heavy atom. The van der Waals surface area contributed by atoms with Crippen LogP contribution in [0, 0.1) is 6.92 Å². The smallest absolute Gasteiger partial charge is 0.0233 e. The van der Waals surface area contributed by atoms with Crippen molar-refractivity contribution in [3.8, 4) is 0 Å². The summed E-state index contributed by atoms with van der Waals surface area (Å²) in [7, 11) is 2.21. The standard InChI is InChI=1S/C16H28N2/c1-13(2)17-11-10-15(4)18(5)12-16-8-6-14(3)7-9-16/h6-9,13,15,17H,10-12H2,1-5H3. The van der Waals surface area contributed by atoms with E-state index in [9.17, 15) is 0 Å². The van der Waals surface area contributed by atoms with Crippen LogP contribution in [-0.4, -0.2) is 30.6 Å². The van der Waals surface area contributed by atoms with Crippen LogP contribution in [0.1, 0.15) is 38.3 Å². The van der Waals surface area contributed by atoms with Gasteiger partial charge < -0.3 is 5.32 Å². The van der Waals surface area contributed by atoms with Gasteiger partial charge in [0.25, 0.3) is 0 Å². The summed E-state index contributed by atoms with van der Waals surface area (Å²) in [5.41, 5.74) is 2.72. The van der Waals surface area contributed by atoms with E-state index >= 15 is 0 Å². The van der Waals surface area contributed by atoms with E-state index in [0.29, 0.717) is 12.1 Å². The van der Waals surface area contributed by atoms with Gasteiger partial charge in [-0.1, -0.05) is 43.7 Å². The first-order chi connectivity index (χ1) is 8.49. The molecular formula is C16H28N2. The highest BCUT2D eigenvalue weighted by molar-refractivity contribution is 5.21. The van der Waals surface area contributed by atoms with Crippen molar-refractivity contribution < 1.29 is 0 Å². The van der Waals surface area contributed by atoms with Crippen molar-refractivity contribution in [2.24, 2.45) is 0 Å². The molecule has 0 aromatic heterocycles. The third-order valence-electron chi connectivity index (χ3n) is 3.42. The molecule has 102 valence electrons. The van der Waals surface area contributed by atoms with E-state index in [0.717, 1.165) is 13.1 Å². The second kappa shape index (κ2) is 7.55. The Balaban J connectivity index is 2.35. The van der Waals surface area contributed by atoms with Crippen LogP contribution in [-0.2, 0) is 6.54 Å². The highest BCUT2D eigenvalue weighted by atomic mass is 15.1. The molecule has 0 radical (unpaired) electrons. The number of nitrogens with zero attached hydrogens (tertiary/aromatic N) is 1. The summed E-state index contributed by atoms with van der Waals surface area (Å²) in [5, 5.41) is 3.48. The van der Waals surface area contributed by atoms with Gasteiger partial charge in [0.05, 0.1) is 0 Å². The number of benzene rings is 1. The first kappa shape index (κ1) is 15.2. The molecule has 0 aliphatic carbocycles. The fourth-order valence-electron chi connectivity index (χ4n) is 1.94. The lowest BCUT2D eigenvalue weighted by atomic mass is 10.1. The lowest BCUT2D eigenvalue weighted by molar-refractivity contribution is 0.235. The average Bonchev–Trinajstić information content (AvgIpc) is 2.31. The second-order valence-electron chi connectivity index (χ2n) is 5.65. The van der Waals surface area contributed by atoms with Crippen LogP contribution in [0.3, 0.4) is 0 Å². The molecule has 0 aliphatic rings. The quantitative estimate of drug-likeness (QED) is 0.797. The van der Waals surface area contributed by atoms with Gasteiger partial charge in [-0.15, -0.1) is 0 Å². The Morgan fingerprint density at radius 1 is 1.11 bits per heavy atom. The van der Waals surface area contributed by atoms with Crippen LogP contribution >= 0.6 is 0 Å². The summed E-state index contributed by atoms with van der Waals surface area (Å²) in [6, 6.07) is 10.0. The number of rotatable bonds is 7. The zero-order valence-electron chi connectivity index (χ0n) is 12.5. The van der Waals surface area contributed by atoms with Crippen LogP contribution in [0.15, 0.2) is 24.3 Å². The van der Waals surface area contributed by atoms with E-state index in [2.05, 4.69) is 69.2 Å². The minimum atomic E-state index is 0.583. The maximum atomic E-state index is 3.48. The predicted octanol–water partition coefficient (Wildman–Crippen LogP) is 3.20. The van der Waals surface area contributed by atoms with E-state index < -0.39 is 0 Å². The molecule has 1 aromatic carbocycles. The summed E-state index contributed by atoms with van der Waals surface area (Å²) in [5.74, 6) is 0. The number of hydrogen-bond acceptors (Lipinski definition) is 2. The summed E-state index contributed by atoms with van der Waals surface area (Å²) in [6.07, 6.45) is 1.19. The van der Waals surface area contributed by atoms with Gasteiger partial charge in [0.15, 0.2) is 0 Å².